The van der Waals surface area contributed by atoms with Crippen LogP contribution in [0.15, 0.2) is 16.3 Å². The van der Waals surface area contributed by atoms with Crippen molar-refractivity contribution in [3.8, 4) is 0 Å². The third-order valence-electron chi connectivity index (χ3n) is 2.39. The van der Waals surface area contributed by atoms with Crippen LogP contribution >= 0.6 is 11.3 Å². The third-order valence-corrected chi connectivity index (χ3v) is 5.34. The van der Waals surface area contributed by atoms with Crippen molar-refractivity contribution in [3.05, 3.63) is 16.3 Å². The van der Waals surface area contributed by atoms with Crippen LogP contribution in [-0.4, -0.2) is 44.1 Å². The van der Waals surface area contributed by atoms with E-state index < -0.39 is 10.0 Å². The first-order valence-electron chi connectivity index (χ1n) is 4.91. The van der Waals surface area contributed by atoms with Crippen molar-refractivity contribution in [1.82, 2.24) is 4.31 Å². The van der Waals surface area contributed by atoms with E-state index in [1.54, 1.807) is 5.38 Å². The summed E-state index contributed by atoms with van der Waals surface area (Å²) in [5.74, 6) is 0. The Morgan fingerprint density at radius 1 is 1.44 bits per heavy atom. The second-order valence-electron chi connectivity index (χ2n) is 3.42. The molecule has 0 spiro atoms. The maximum atomic E-state index is 12.1. The van der Waals surface area contributed by atoms with Gasteiger partial charge in [0.05, 0.1) is 24.7 Å². The fourth-order valence-electron chi connectivity index (χ4n) is 1.51. The normalized spacial score (nSPS) is 18.8. The lowest BCUT2D eigenvalue weighted by Gasteiger charge is -2.25. The smallest absolute Gasteiger partial charge is 0.244 e. The Morgan fingerprint density at radius 3 is 2.69 bits per heavy atom. The molecule has 5 nitrogen and oxygen atoms in total. The Morgan fingerprint density at radius 2 is 2.12 bits per heavy atom. The molecule has 0 unspecified atom stereocenters. The molecule has 2 rings (SSSR count). The molecule has 0 aromatic carbocycles. The van der Waals surface area contributed by atoms with E-state index in [9.17, 15) is 8.42 Å². The van der Waals surface area contributed by atoms with E-state index in [2.05, 4.69) is 0 Å². The number of ether oxygens (including phenoxy) is 1. The molecular weight excluding hydrogens is 250 g/mol. The SMILES string of the molecule is O=S(=O)(c1csc(CO)c1)N1CCOCC1. The van der Waals surface area contributed by atoms with E-state index in [-0.39, 0.29) is 11.5 Å². The monoisotopic (exact) mass is 263 g/mol. The largest absolute Gasteiger partial charge is 0.391 e. The minimum atomic E-state index is -3.40. The van der Waals surface area contributed by atoms with Gasteiger partial charge in [-0.3, -0.25) is 0 Å². The summed E-state index contributed by atoms with van der Waals surface area (Å²) in [7, 11) is -3.40. The van der Waals surface area contributed by atoms with Gasteiger partial charge < -0.3 is 9.84 Å². The van der Waals surface area contributed by atoms with Crippen LogP contribution in [0.3, 0.4) is 0 Å². The van der Waals surface area contributed by atoms with Gasteiger partial charge in [-0.25, -0.2) is 8.42 Å². The van der Waals surface area contributed by atoms with E-state index in [1.807, 2.05) is 0 Å². The first-order chi connectivity index (χ1) is 7.64. The van der Waals surface area contributed by atoms with Crippen molar-refractivity contribution in [2.75, 3.05) is 26.3 Å². The quantitative estimate of drug-likeness (QED) is 0.849. The lowest BCUT2D eigenvalue weighted by molar-refractivity contribution is 0.0730. The number of sulfonamides is 1. The fourth-order valence-corrected chi connectivity index (χ4v) is 4.04. The summed E-state index contributed by atoms with van der Waals surface area (Å²) in [6, 6.07) is 1.52. The van der Waals surface area contributed by atoms with E-state index in [1.165, 1.54) is 21.7 Å². The topological polar surface area (TPSA) is 66.8 Å². The number of rotatable bonds is 3. The van der Waals surface area contributed by atoms with Gasteiger partial charge in [-0.1, -0.05) is 0 Å². The average molecular weight is 263 g/mol. The lowest BCUT2D eigenvalue weighted by atomic mass is 10.5. The van der Waals surface area contributed by atoms with Crippen molar-refractivity contribution in [3.63, 3.8) is 0 Å². The van der Waals surface area contributed by atoms with Gasteiger partial charge in [0.1, 0.15) is 0 Å². The summed E-state index contributed by atoms with van der Waals surface area (Å²) in [6.07, 6.45) is 0. The van der Waals surface area contributed by atoms with Gasteiger partial charge in [0.25, 0.3) is 0 Å². The zero-order chi connectivity index (χ0) is 11.6. The molecule has 0 saturated carbocycles. The van der Waals surface area contributed by atoms with Crippen LogP contribution in [0.2, 0.25) is 0 Å². The van der Waals surface area contributed by atoms with Crippen molar-refractivity contribution in [2.24, 2.45) is 0 Å². The van der Waals surface area contributed by atoms with Crippen LogP contribution in [-0.2, 0) is 21.4 Å². The molecular formula is C9H13NO4S2. The van der Waals surface area contributed by atoms with Gasteiger partial charge in [-0.2, -0.15) is 4.31 Å². The Labute approximate surface area is 98.3 Å². The van der Waals surface area contributed by atoms with Crippen LogP contribution in [0.25, 0.3) is 0 Å². The minimum absolute atomic E-state index is 0.122. The number of morpholine rings is 1. The second kappa shape index (κ2) is 4.80. The number of nitrogens with zero attached hydrogens (tertiary/aromatic N) is 1. The number of aliphatic hydroxyl groups excluding tert-OH is 1. The molecule has 1 aromatic rings. The van der Waals surface area contributed by atoms with E-state index in [0.717, 1.165) is 0 Å². The maximum Gasteiger partial charge on any atom is 0.244 e. The zero-order valence-electron chi connectivity index (χ0n) is 8.63. The first-order valence-corrected chi connectivity index (χ1v) is 7.23. The van der Waals surface area contributed by atoms with Crippen LogP contribution in [0, 0.1) is 0 Å². The molecule has 2 heterocycles. The van der Waals surface area contributed by atoms with Crippen molar-refractivity contribution >= 4 is 21.4 Å². The molecule has 90 valence electrons. The Kier molecular flexibility index (Phi) is 3.60. The predicted octanol–water partition coefficient (Wildman–Crippen LogP) is 0.261. The van der Waals surface area contributed by atoms with Gasteiger partial charge >= 0.3 is 0 Å². The Balaban J connectivity index is 2.23. The van der Waals surface area contributed by atoms with Gasteiger partial charge in [-0.05, 0) is 6.07 Å². The number of thiophene rings is 1. The van der Waals surface area contributed by atoms with E-state index in [4.69, 9.17) is 9.84 Å². The van der Waals surface area contributed by atoms with Gasteiger partial charge in [0, 0.05) is 23.3 Å². The van der Waals surface area contributed by atoms with Gasteiger partial charge in [0.15, 0.2) is 0 Å². The standard InChI is InChI=1S/C9H13NO4S2/c11-6-8-5-9(7-15-8)16(12,13)10-1-3-14-4-2-10/h5,7,11H,1-4,6H2. The summed E-state index contributed by atoms with van der Waals surface area (Å²) < 4.78 is 30.8. The molecule has 0 radical (unpaired) electrons. The summed E-state index contributed by atoms with van der Waals surface area (Å²) in [5, 5.41) is 10.5. The number of hydrogen-bond donors (Lipinski definition) is 1. The minimum Gasteiger partial charge on any atom is -0.391 e. The van der Waals surface area contributed by atoms with Crippen LogP contribution in [0.4, 0.5) is 0 Å². The molecule has 0 bridgehead atoms. The highest BCUT2D eigenvalue weighted by Gasteiger charge is 2.26. The molecule has 1 aliphatic heterocycles. The Bertz CT molecular complexity index is 448. The van der Waals surface area contributed by atoms with Gasteiger partial charge in [0.2, 0.25) is 10.0 Å². The van der Waals surface area contributed by atoms with Gasteiger partial charge in [-0.15, -0.1) is 11.3 Å². The molecule has 16 heavy (non-hydrogen) atoms. The lowest BCUT2D eigenvalue weighted by Crippen LogP contribution is -2.40. The summed E-state index contributed by atoms with van der Waals surface area (Å²) in [5.41, 5.74) is 0. The van der Waals surface area contributed by atoms with Crippen LogP contribution in [0.1, 0.15) is 4.88 Å². The molecule has 1 aromatic heterocycles. The number of aliphatic hydroxyl groups is 1. The molecule has 1 aliphatic rings. The zero-order valence-corrected chi connectivity index (χ0v) is 10.3. The van der Waals surface area contributed by atoms with Crippen LogP contribution in [0.5, 0.6) is 0 Å². The highest BCUT2D eigenvalue weighted by Crippen LogP contribution is 2.23. The van der Waals surface area contributed by atoms with Crippen LogP contribution < -0.4 is 0 Å². The second-order valence-corrected chi connectivity index (χ2v) is 6.36. The summed E-state index contributed by atoms with van der Waals surface area (Å²) in [4.78, 5) is 0.926. The molecule has 1 fully saturated rings. The number of hydrogen-bond acceptors (Lipinski definition) is 5. The summed E-state index contributed by atoms with van der Waals surface area (Å²) in [6.45, 7) is 1.55. The molecule has 1 saturated heterocycles. The third kappa shape index (κ3) is 2.28. The van der Waals surface area contributed by atoms with Crippen molar-refractivity contribution in [1.29, 1.82) is 0 Å². The molecule has 0 aliphatic carbocycles. The average Bonchev–Trinajstić information content (AvgIpc) is 2.79. The van der Waals surface area contributed by atoms with E-state index >= 15 is 0 Å². The fraction of sp³-hybridized carbons (Fsp3) is 0.556. The van der Waals surface area contributed by atoms with Crippen molar-refractivity contribution in [2.45, 2.75) is 11.5 Å². The molecule has 0 amide bonds. The molecule has 1 N–H and O–H groups in total. The van der Waals surface area contributed by atoms with E-state index in [0.29, 0.717) is 31.2 Å². The first kappa shape index (κ1) is 12.0. The summed E-state index contributed by atoms with van der Waals surface area (Å²) >= 11 is 1.25. The maximum absolute atomic E-state index is 12.1. The molecule has 0 atom stereocenters. The highest BCUT2D eigenvalue weighted by atomic mass is 32.2. The highest BCUT2D eigenvalue weighted by molar-refractivity contribution is 7.89. The predicted molar refractivity (Wildman–Crippen MR) is 59.8 cm³/mol. The van der Waals surface area contributed by atoms with Crippen molar-refractivity contribution < 1.29 is 18.3 Å². The Hall–Kier alpha value is -0.470. The molecule has 7 heteroatoms.